The number of pyridine rings is 1. The first-order valence-corrected chi connectivity index (χ1v) is 7.78. The molecule has 1 aliphatic heterocycles. The average molecular weight is 304 g/mol. The molecule has 2 amide bonds. The molecule has 120 valence electrons. The summed E-state index contributed by atoms with van der Waals surface area (Å²) in [5.41, 5.74) is 6.33. The third kappa shape index (κ3) is 4.53. The minimum absolute atomic E-state index is 0.0464. The van der Waals surface area contributed by atoms with Gasteiger partial charge in [-0.05, 0) is 44.0 Å². The molecule has 1 aromatic rings. The molecule has 0 bridgehead atoms. The molecular weight excluding hydrogens is 280 g/mol. The van der Waals surface area contributed by atoms with Crippen molar-refractivity contribution in [3.63, 3.8) is 0 Å². The van der Waals surface area contributed by atoms with Gasteiger partial charge in [0.2, 0.25) is 11.8 Å². The minimum atomic E-state index is -0.336. The Morgan fingerprint density at radius 2 is 2.14 bits per heavy atom. The van der Waals surface area contributed by atoms with Crippen molar-refractivity contribution in [2.45, 2.75) is 26.3 Å². The van der Waals surface area contributed by atoms with Crippen molar-refractivity contribution < 1.29 is 9.59 Å². The van der Waals surface area contributed by atoms with E-state index < -0.39 is 0 Å². The molecule has 2 N–H and O–H groups in total. The summed E-state index contributed by atoms with van der Waals surface area (Å²) in [4.78, 5) is 31.6. The fourth-order valence-electron chi connectivity index (χ4n) is 2.93. The van der Waals surface area contributed by atoms with Gasteiger partial charge in [0.25, 0.3) is 0 Å². The molecule has 22 heavy (non-hydrogen) atoms. The summed E-state index contributed by atoms with van der Waals surface area (Å²) >= 11 is 0. The van der Waals surface area contributed by atoms with E-state index in [9.17, 15) is 9.59 Å². The topological polar surface area (TPSA) is 79.5 Å². The van der Waals surface area contributed by atoms with Crippen molar-refractivity contribution in [2.24, 2.45) is 11.7 Å². The lowest BCUT2D eigenvalue weighted by molar-refractivity contribution is -0.138. The molecular formula is C16H24N4O2. The van der Waals surface area contributed by atoms with Crippen LogP contribution in [-0.4, -0.2) is 52.8 Å². The highest BCUT2D eigenvalue weighted by atomic mass is 16.2. The largest absolute Gasteiger partial charge is 0.369 e. The van der Waals surface area contributed by atoms with Gasteiger partial charge < -0.3 is 10.6 Å². The van der Waals surface area contributed by atoms with Gasteiger partial charge in [0, 0.05) is 32.0 Å². The predicted molar refractivity (Wildman–Crippen MR) is 83.7 cm³/mol. The third-order valence-corrected chi connectivity index (χ3v) is 4.05. The molecule has 1 aliphatic rings. The molecule has 1 fully saturated rings. The fraction of sp³-hybridized carbons (Fsp3) is 0.562. The molecule has 1 atom stereocenters. The van der Waals surface area contributed by atoms with Crippen LogP contribution in [0.3, 0.4) is 0 Å². The molecule has 0 unspecified atom stereocenters. The third-order valence-electron chi connectivity index (χ3n) is 4.05. The number of aromatic nitrogens is 1. The SMILES string of the molecule is CCN(Cc1ccncc1)C(=O)[C@H]1CCCN(CC(N)=O)C1. The highest BCUT2D eigenvalue weighted by molar-refractivity contribution is 5.79. The van der Waals surface area contributed by atoms with Crippen molar-refractivity contribution in [1.82, 2.24) is 14.8 Å². The standard InChI is InChI=1S/C16H24N4O2/c1-2-20(10-13-5-7-18-8-6-13)16(22)14-4-3-9-19(11-14)12-15(17)21/h5-8,14H,2-4,9-12H2,1H3,(H2,17,21)/t14-/m0/s1. The van der Waals surface area contributed by atoms with Gasteiger partial charge in [0.1, 0.15) is 0 Å². The molecule has 6 nitrogen and oxygen atoms in total. The Labute approximate surface area is 131 Å². The van der Waals surface area contributed by atoms with Gasteiger partial charge in [-0.3, -0.25) is 19.5 Å². The molecule has 6 heteroatoms. The lowest BCUT2D eigenvalue weighted by Crippen LogP contribution is -2.46. The van der Waals surface area contributed by atoms with Crippen LogP contribution in [0.2, 0.25) is 0 Å². The normalized spacial score (nSPS) is 18.9. The van der Waals surface area contributed by atoms with Crippen LogP contribution in [0.25, 0.3) is 0 Å². The first kappa shape index (κ1) is 16.4. The van der Waals surface area contributed by atoms with Gasteiger partial charge in [-0.15, -0.1) is 0 Å². The molecule has 0 aliphatic carbocycles. The molecule has 1 aromatic heterocycles. The van der Waals surface area contributed by atoms with E-state index in [1.807, 2.05) is 28.9 Å². The van der Waals surface area contributed by atoms with E-state index in [0.717, 1.165) is 24.9 Å². The van der Waals surface area contributed by atoms with Gasteiger partial charge in [-0.25, -0.2) is 0 Å². The van der Waals surface area contributed by atoms with E-state index in [2.05, 4.69) is 4.98 Å². The van der Waals surface area contributed by atoms with Gasteiger partial charge in [-0.2, -0.15) is 0 Å². The lowest BCUT2D eigenvalue weighted by Gasteiger charge is -2.34. The Morgan fingerprint density at radius 1 is 1.41 bits per heavy atom. The van der Waals surface area contributed by atoms with E-state index in [4.69, 9.17) is 5.73 Å². The maximum atomic E-state index is 12.7. The number of carbonyl (C=O) groups is 2. The van der Waals surface area contributed by atoms with E-state index in [0.29, 0.717) is 19.6 Å². The molecule has 0 radical (unpaired) electrons. The second-order valence-corrected chi connectivity index (χ2v) is 5.75. The van der Waals surface area contributed by atoms with Crippen molar-refractivity contribution in [3.8, 4) is 0 Å². The smallest absolute Gasteiger partial charge is 0.231 e. The van der Waals surface area contributed by atoms with Crippen LogP contribution in [0.1, 0.15) is 25.3 Å². The molecule has 2 heterocycles. The Bertz CT molecular complexity index is 506. The zero-order valence-corrected chi connectivity index (χ0v) is 13.1. The van der Waals surface area contributed by atoms with E-state index in [-0.39, 0.29) is 24.3 Å². The van der Waals surface area contributed by atoms with Crippen molar-refractivity contribution in [1.29, 1.82) is 0 Å². The number of nitrogens with two attached hydrogens (primary N) is 1. The van der Waals surface area contributed by atoms with Crippen LogP contribution in [0.4, 0.5) is 0 Å². The predicted octanol–water partition coefficient (Wildman–Crippen LogP) is 0.627. The number of nitrogens with zero attached hydrogens (tertiary/aromatic N) is 3. The maximum Gasteiger partial charge on any atom is 0.231 e. The first-order chi connectivity index (χ1) is 10.6. The first-order valence-electron chi connectivity index (χ1n) is 7.78. The van der Waals surface area contributed by atoms with E-state index in [1.54, 1.807) is 12.4 Å². The zero-order chi connectivity index (χ0) is 15.9. The fourth-order valence-corrected chi connectivity index (χ4v) is 2.93. The maximum absolute atomic E-state index is 12.7. The summed E-state index contributed by atoms with van der Waals surface area (Å²) in [7, 11) is 0. The number of amides is 2. The van der Waals surface area contributed by atoms with Crippen molar-refractivity contribution in [2.75, 3.05) is 26.2 Å². The van der Waals surface area contributed by atoms with Gasteiger partial charge in [0.05, 0.1) is 12.5 Å². The van der Waals surface area contributed by atoms with E-state index >= 15 is 0 Å². The summed E-state index contributed by atoms with van der Waals surface area (Å²) < 4.78 is 0. The van der Waals surface area contributed by atoms with Crippen LogP contribution in [0.5, 0.6) is 0 Å². The summed E-state index contributed by atoms with van der Waals surface area (Å²) in [5, 5.41) is 0. The Morgan fingerprint density at radius 3 is 2.77 bits per heavy atom. The zero-order valence-electron chi connectivity index (χ0n) is 13.1. The number of rotatable bonds is 6. The lowest BCUT2D eigenvalue weighted by atomic mass is 9.96. The average Bonchev–Trinajstić information content (AvgIpc) is 2.52. The van der Waals surface area contributed by atoms with Gasteiger partial charge in [-0.1, -0.05) is 0 Å². The van der Waals surface area contributed by atoms with Crippen LogP contribution >= 0.6 is 0 Å². The number of piperidine rings is 1. The highest BCUT2D eigenvalue weighted by Crippen LogP contribution is 2.19. The summed E-state index contributed by atoms with van der Waals surface area (Å²) in [6.07, 6.45) is 5.28. The van der Waals surface area contributed by atoms with Crippen LogP contribution < -0.4 is 5.73 Å². The summed E-state index contributed by atoms with van der Waals surface area (Å²) in [5.74, 6) is -0.222. The van der Waals surface area contributed by atoms with Gasteiger partial charge >= 0.3 is 0 Å². The summed E-state index contributed by atoms with van der Waals surface area (Å²) in [6, 6.07) is 3.85. The molecule has 0 aromatic carbocycles. The second kappa shape index (κ2) is 7.89. The van der Waals surface area contributed by atoms with Crippen LogP contribution in [0, 0.1) is 5.92 Å². The Kier molecular flexibility index (Phi) is 5.89. The van der Waals surface area contributed by atoms with Crippen molar-refractivity contribution in [3.05, 3.63) is 30.1 Å². The number of carbonyl (C=O) groups excluding carboxylic acids is 2. The highest BCUT2D eigenvalue weighted by Gasteiger charge is 2.29. The molecule has 0 spiro atoms. The number of primary amides is 1. The monoisotopic (exact) mass is 304 g/mol. The molecule has 0 saturated carbocycles. The van der Waals surface area contributed by atoms with Crippen molar-refractivity contribution >= 4 is 11.8 Å². The number of hydrogen-bond acceptors (Lipinski definition) is 4. The Hall–Kier alpha value is -1.95. The molecule has 1 saturated heterocycles. The Balaban J connectivity index is 1.97. The number of likely N-dealkylation sites (tertiary alicyclic amines) is 1. The van der Waals surface area contributed by atoms with E-state index in [1.165, 1.54) is 0 Å². The van der Waals surface area contributed by atoms with Crippen LogP contribution in [-0.2, 0) is 16.1 Å². The molecule has 2 rings (SSSR count). The summed E-state index contributed by atoms with van der Waals surface area (Å²) in [6.45, 7) is 4.96. The minimum Gasteiger partial charge on any atom is -0.369 e. The van der Waals surface area contributed by atoms with Gasteiger partial charge in [0.15, 0.2) is 0 Å². The quantitative estimate of drug-likeness (QED) is 0.836. The second-order valence-electron chi connectivity index (χ2n) is 5.75. The number of hydrogen-bond donors (Lipinski definition) is 1. The van der Waals surface area contributed by atoms with Crippen LogP contribution in [0.15, 0.2) is 24.5 Å².